The fourth-order valence-electron chi connectivity index (χ4n) is 1.91. The van der Waals surface area contributed by atoms with Crippen LogP contribution in [0.4, 0.5) is 0 Å². The predicted octanol–water partition coefficient (Wildman–Crippen LogP) is 1.54. The minimum atomic E-state index is -1.31. The summed E-state index contributed by atoms with van der Waals surface area (Å²) in [4.78, 5) is 12.2. The summed E-state index contributed by atoms with van der Waals surface area (Å²) >= 11 is 0. The van der Waals surface area contributed by atoms with Gasteiger partial charge in [0.2, 0.25) is 0 Å². The number of carbonyl (C=O) groups is 1. The summed E-state index contributed by atoms with van der Waals surface area (Å²) < 4.78 is 5.29. The zero-order chi connectivity index (χ0) is 14.4. The van der Waals surface area contributed by atoms with Gasteiger partial charge in [0.25, 0.3) is 0 Å². The van der Waals surface area contributed by atoms with E-state index in [0.717, 1.165) is 5.56 Å². The molecule has 0 aliphatic heterocycles. The molecule has 0 fully saturated rings. The van der Waals surface area contributed by atoms with Gasteiger partial charge in [-0.1, -0.05) is 60.7 Å². The highest BCUT2D eigenvalue weighted by molar-refractivity contribution is 5.82. The lowest BCUT2D eigenvalue weighted by Gasteiger charge is -2.26. The van der Waals surface area contributed by atoms with Crippen LogP contribution in [0.15, 0.2) is 60.7 Å². The lowest BCUT2D eigenvalue weighted by molar-refractivity contribution is -0.151. The molecule has 20 heavy (non-hydrogen) atoms. The van der Waals surface area contributed by atoms with Crippen LogP contribution in [-0.4, -0.2) is 12.5 Å². The first kappa shape index (κ1) is 14.2. The number of nitrogens with two attached hydrogens (primary N) is 2. The van der Waals surface area contributed by atoms with E-state index < -0.39 is 11.5 Å². The molecule has 0 saturated carbocycles. The standard InChI is InChI=1S/C16H18N2O2/c17-12-16(18,14-9-5-2-6-10-14)15(19)20-11-13-7-3-1-4-8-13/h1-10H,11-12,17-18H2/t16-/m0/s1. The fourth-order valence-corrected chi connectivity index (χ4v) is 1.91. The lowest BCUT2D eigenvalue weighted by Crippen LogP contribution is -2.51. The largest absolute Gasteiger partial charge is 0.459 e. The number of hydrogen-bond donors (Lipinski definition) is 2. The second-order valence-corrected chi connectivity index (χ2v) is 4.60. The van der Waals surface area contributed by atoms with E-state index in [1.807, 2.05) is 48.5 Å². The molecule has 2 rings (SSSR count). The van der Waals surface area contributed by atoms with Crippen LogP contribution in [0.25, 0.3) is 0 Å². The number of ether oxygens (including phenoxy) is 1. The monoisotopic (exact) mass is 270 g/mol. The first-order chi connectivity index (χ1) is 9.66. The van der Waals surface area contributed by atoms with Crippen molar-refractivity contribution in [1.82, 2.24) is 0 Å². The maximum atomic E-state index is 12.2. The molecule has 4 nitrogen and oxygen atoms in total. The van der Waals surface area contributed by atoms with Gasteiger partial charge in [-0.2, -0.15) is 0 Å². The number of carbonyl (C=O) groups excluding carboxylic acids is 1. The van der Waals surface area contributed by atoms with Gasteiger partial charge in [-0.05, 0) is 11.1 Å². The van der Waals surface area contributed by atoms with Gasteiger partial charge in [0.15, 0.2) is 5.54 Å². The quantitative estimate of drug-likeness (QED) is 0.808. The van der Waals surface area contributed by atoms with E-state index in [1.165, 1.54) is 0 Å². The third-order valence-corrected chi connectivity index (χ3v) is 3.19. The van der Waals surface area contributed by atoms with Gasteiger partial charge >= 0.3 is 5.97 Å². The number of benzene rings is 2. The van der Waals surface area contributed by atoms with Crippen molar-refractivity contribution in [2.75, 3.05) is 6.54 Å². The van der Waals surface area contributed by atoms with Crippen molar-refractivity contribution in [3.8, 4) is 0 Å². The third-order valence-electron chi connectivity index (χ3n) is 3.19. The summed E-state index contributed by atoms with van der Waals surface area (Å²) in [5.74, 6) is -0.518. The molecule has 4 heteroatoms. The molecule has 0 aromatic heterocycles. The SMILES string of the molecule is NC[C@@](N)(C(=O)OCc1ccccc1)c1ccccc1. The summed E-state index contributed by atoms with van der Waals surface area (Å²) in [5.41, 5.74) is 12.1. The maximum Gasteiger partial charge on any atom is 0.332 e. The Balaban J connectivity index is 2.10. The Morgan fingerprint density at radius 2 is 1.55 bits per heavy atom. The summed E-state index contributed by atoms with van der Waals surface area (Å²) in [6.07, 6.45) is 0. The molecule has 0 bridgehead atoms. The Labute approximate surface area is 118 Å². The molecule has 0 saturated heterocycles. The van der Waals surface area contributed by atoms with Gasteiger partial charge in [-0.15, -0.1) is 0 Å². The maximum absolute atomic E-state index is 12.2. The first-order valence-corrected chi connectivity index (χ1v) is 6.42. The molecule has 0 spiro atoms. The fraction of sp³-hybridized carbons (Fsp3) is 0.188. The Morgan fingerprint density at radius 3 is 2.10 bits per heavy atom. The smallest absolute Gasteiger partial charge is 0.332 e. The second kappa shape index (κ2) is 6.32. The molecule has 0 aliphatic carbocycles. The summed E-state index contributed by atoms with van der Waals surface area (Å²) in [6.45, 7) is 0.177. The van der Waals surface area contributed by atoms with Gasteiger partial charge in [0, 0.05) is 6.54 Å². The molecule has 2 aromatic carbocycles. The van der Waals surface area contributed by atoms with Crippen LogP contribution < -0.4 is 11.5 Å². The van der Waals surface area contributed by atoms with Crippen molar-refractivity contribution in [1.29, 1.82) is 0 Å². The van der Waals surface area contributed by atoms with E-state index in [4.69, 9.17) is 16.2 Å². The minimum Gasteiger partial charge on any atom is -0.459 e. The molecular formula is C16H18N2O2. The molecule has 2 aromatic rings. The van der Waals surface area contributed by atoms with Crippen LogP contribution in [0.5, 0.6) is 0 Å². The van der Waals surface area contributed by atoms with E-state index in [2.05, 4.69) is 0 Å². The number of rotatable bonds is 5. The molecule has 0 unspecified atom stereocenters. The highest BCUT2D eigenvalue weighted by atomic mass is 16.5. The van der Waals surface area contributed by atoms with Crippen molar-refractivity contribution in [3.63, 3.8) is 0 Å². The Morgan fingerprint density at radius 1 is 1.00 bits per heavy atom. The predicted molar refractivity (Wildman–Crippen MR) is 77.6 cm³/mol. The summed E-state index contributed by atoms with van der Waals surface area (Å²) in [7, 11) is 0. The van der Waals surface area contributed by atoms with Crippen molar-refractivity contribution >= 4 is 5.97 Å². The van der Waals surface area contributed by atoms with Gasteiger partial charge in [-0.3, -0.25) is 0 Å². The average molecular weight is 270 g/mol. The van der Waals surface area contributed by atoms with Gasteiger partial charge in [-0.25, -0.2) is 4.79 Å². The molecule has 0 radical (unpaired) electrons. The Kier molecular flexibility index (Phi) is 4.50. The third kappa shape index (κ3) is 3.04. The zero-order valence-corrected chi connectivity index (χ0v) is 11.2. The van der Waals surface area contributed by atoms with Crippen LogP contribution in [-0.2, 0) is 21.7 Å². The van der Waals surface area contributed by atoms with Crippen molar-refractivity contribution in [3.05, 3.63) is 71.8 Å². The highest BCUT2D eigenvalue weighted by Gasteiger charge is 2.36. The molecule has 104 valence electrons. The molecule has 0 heterocycles. The lowest BCUT2D eigenvalue weighted by atomic mass is 9.91. The van der Waals surface area contributed by atoms with Gasteiger partial charge < -0.3 is 16.2 Å². The summed E-state index contributed by atoms with van der Waals surface area (Å²) in [5, 5.41) is 0. The van der Waals surface area contributed by atoms with Crippen LogP contribution in [0.1, 0.15) is 11.1 Å². The minimum absolute atomic E-state index is 0.00929. The first-order valence-electron chi connectivity index (χ1n) is 6.42. The van der Waals surface area contributed by atoms with Crippen molar-refractivity contribution < 1.29 is 9.53 Å². The van der Waals surface area contributed by atoms with Gasteiger partial charge in [0.05, 0.1) is 0 Å². The number of hydrogen-bond acceptors (Lipinski definition) is 4. The van der Waals surface area contributed by atoms with Crippen LogP contribution in [0, 0.1) is 0 Å². The van der Waals surface area contributed by atoms with E-state index >= 15 is 0 Å². The molecule has 1 atom stereocenters. The van der Waals surface area contributed by atoms with E-state index in [9.17, 15) is 4.79 Å². The van der Waals surface area contributed by atoms with Crippen LogP contribution >= 0.6 is 0 Å². The van der Waals surface area contributed by atoms with E-state index in [0.29, 0.717) is 5.56 Å². The average Bonchev–Trinajstić information content (AvgIpc) is 2.53. The molecular weight excluding hydrogens is 252 g/mol. The molecule has 0 amide bonds. The van der Waals surface area contributed by atoms with Crippen molar-refractivity contribution in [2.45, 2.75) is 12.1 Å². The molecule has 0 aliphatic rings. The highest BCUT2D eigenvalue weighted by Crippen LogP contribution is 2.19. The van der Waals surface area contributed by atoms with E-state index in [-0.39, 0.29) is 13.2 Å². The van der Waals surface area contributed by atoms with Crippen LogP contribution in [0.2, 0.25) is 0 Å². The number of esters is 1. The van der Waals surface area contributed by atoms with Gasteiger partial charge in [0.1, 0.15) is 6.61 Å². The van der Waals surface area contributed by atoms with Crippen LogP contribution in [0.3, 0.4) is 0 Å². The normalized spacial score (nSPS) is 13.5. The topological polar surface area (TPSA) is 78.3 Å². The summed E-state index contributed by atoms with van der Waals surface area (Å²) in [6, 6.07) is 18.5. The Bertz CT molecular complexity index is 557. The zero-order valence-electron chi connectivity index (χ0n) is 11.2. The molecule has 4 N–H and O–H groups in total. The Hall–Kier alpha value is -2.17. The van der Waals surface area contributed by atoms with E-state index in [1.54, 1.807) is 12.1 Å². The second-order valence-electron chi connectivity index (χ2n) is 4.60. The van der Waals surface area contributed by atoms with Crippen molar-refractivity contribution in [2.24, 2.45) is 11.5 Å².